The van der Waals surface area contributed by atoms with E-state index in [4.69, 9.17) is 54.4 Å². The third-order valence-corrected chi connectivity index (χ3v) is 7.29. The zero-order valence-corrected chi connectivity index (χ0v) is 27.1. The molecule has 1 amide bonds. The molecule has 0 radical (unpaired) electrons. The Bertz CT molecular complexity index is 1630. The number of carbonyl (C=O) groups excluding carboxylic acids is 2. The molecule has 0 aromatic heterocycles. The van der Waals surface area contributed by atoms with Gasteiger partial charge < -0.3 is 29.6 Å². The Morgan fingerprint density at radius 1 is 0.978 bits per heavy atom. The summed E-state index contributed by atoms with van der Waals surface area (Å²) < 4.78 is 22.8. The molecule has 0 fully saturated rings. The summed E-state index contributed by atoms with van der Waals surface area (Å²) in [4.78, 5) is 25.4. The quantitative estimate of drug-likeness (QED) is 0.0890. The summed E-state index contributed by atoms with van der Waals surface area (Å²) in [6, 6.07) is 17.1. The Kier molecular flexibility index (Phi) is 12.0. The minimum Gasteiger partial charge on any atom is -0.490 e. The number of allylic oxidation sites excluding steroid dienone is 1. The molecule has 13 heteroatoms. The Labute approximate surface area is 276 Å². The number of hydrazone groups is 1. The maximum Gasteiger partial charge on any atom is 0.338 e. The van der Waals surface area contributed by atoms with Crippen LogP contribution in [0.4, 0.5) is 0 Å². The molecule has 1 atom stereocenters. The molecule has 0 unspecified atom stereocenters. The molecule has 1 aliphatic rings. The minimum absolute atomic E-state index is 0.201. The van der Waals surface area contributed by atoms with E-state index in [-0.39, 0.29) is 19.8 Å². The number of para-hydroxylation sites is 1. The van der Waals surface area contributed by atoms with E-state index in [1.54, 1.807) is 56.3 Å². The van der Waals surface area contributed by atoms with E-state index in [9.17, 15) is 9.59 Å². The zero-order chi connectivity index (χ0) is 32.3. The minimum atomic E-state index is -0.643. The van der Waals surface area contributed by atoms with Crippen molar-refractivity contribution < 1.29 is 28.5 Å². The molecule has 10 nitrogen and oxygen atoms in total. The van der Waals surface area contributed by atoms with Crippen LogP contribution in [0.25, 0.3) is 0 Å². The molecular formula is C32H32Cl2N4O6S. The molecule has 236 valence electrons. The number of nitrogens with one attached hydrogen (secondary N) is 3. The van der Waals surface area contributed by atoms with Gasteiger partial charge in [0.1, 0.15) is 12.4 Å². The van der Waals surface area contributed by atoms with Crippen LogP contribution in [-0.4, -0.2) is 43.0 Å². The van der Waals surface area contributed by atoms with E-state index in [0.717, 1.165) is 5.56 Å². The van der Waals surface area contributed by atoms with Crippen LogP contribution >= 0.6 is 35.4 Å². The van der Waals surface area contributed by atoms with Crippen LogP contribution in [0.1, 0.15) is 43.5 Å². The van der Waals surface area contributed by atoms with Crippen molar-refractivity contribution in [1.29, 1.82) is 0 Å². The molecule has 1 heterocycles. The van der Waals surface area contributed by atoms with Crippen LogP contribution in [0.3, 0.4) is 0 Å². The van der Waals surface area contributed by atoms with Gasteiger partial charge in [0, 0.05) is 21.8 Å². The number of hydrogen-bond acceptors (Lipinski definition) is 8. The van der Waals surface area contributed by atoms with Crippen LogP contribution in [-0.2, 0) is 20.9 Å². The average Bonchev–Trinajstić information content (AvgIpc) is 3.00. The standard InChI is InChI=1S/C32H32Cl2N4O6S/c1-4-41-26-15-20(14-24(34)30(26)44-17-21-10-6-8-12-23(21)33)16-35-38-27(39)18-43-25-13-9-7-11-22(25)29-28(31(40)42-5-2)19(3)36-32(45)37-29/h6-16,29H,4-5,17-18H2,1-3H3,(H,38,39)(H2,36,37,45)/t29-/m0/s1. The maximum atomic E-state index is 12.8. The number of benzene rings is 3. The smallest absolute Gasteiger partial charge is 0.338 e. The van der Waals surface area contributed by atoms with Crippen LogP contribution in [0.15, 0.2) is 77.0 Å². The van der Waals surface area contributed by atoms with Gasteiger partial charge in [0.2, 0.25) is 0 Å². The third kappa shape index (κ3) is 8.87. The number of rotatable bonds is 13. The second-order valence-electron chi connectivity index (χ2n) is 9.55. The van der Waals surface area contributed by atoms with E-state index in [0.29, 0.717) is 61.4 Å². The van der Waals surface area contributed by atoms with Crippen molar-refractivity contribution in [3.63, 3.8) is 0 Å². The molecule has 0 saturated carbocycles. The van der Waals surface area contributed by atoms with E-state index < -0.39 is 17.9 Å². The molecule has 0 aliphatic carbocycles. The van der Waals surface area contributed by atoms with Gasteiger partial charge in [-0.05, 0) is 62.8 Å². The third-order valence-electron chi connectivity index (χ3n) is 6.42. The topological polar surface area (TPSA) is 120 Å². The summed E-state index contributed by atoms with van der Waals surface area (Å²) in [5, 5.41) is 11.3. The highest BCUT2D eigenvalue weighted by molar-refractivity contribution is 7.80. The summed E-state index contributed by atoms with van der Waals surface area (Å²) in [5.41, 5.74) is 5.35. The van der Waals surface area contributed by atoms with Crippen LogP contribution in [0.5, 0.6) is 17.2 Å². The number of halogens is 2. The number of ether oxygens (including phenoxy) is 4. The Hall–Kier alpha value is -4.32. The lowest BCUT2D eigenvalue weighted by molar-refractivity contribution is -0.139. The second kappa shape index (κ2) is 16.1. The highest BCUT2D eigenvalue weighted by Crippen LogP contribution is 2.37. The lowest BCUT2D eigenvalue weighted by atomic mass is 9.95. The summed E-state index contributed by atoms with van der Waals surface area (Å²) in [5.74, 6) is 0.170. The predicted molar refractivity (Wildman–Crippen MR) is 177 cm³/mol. The highest BCUT2D eigenvalue weighted by Gasteiger charge is 2.32. The first-order valence-electron chi connectivity index (χ1n) is 14.0. The number of esters is 1. The molecule has 3 aromatic carbocycles. The first-order valence-corrected chi connectivity index (χ1v) is 15.2. The van der Waals surface area contributed by atoms with Crippen molar-refractivity contribution in [3.8, 4) is 17.2 Å². The van der Waals surface area contributed by atoms with Gasteiger partial charge in [-0.15, -0.1) is 0 Å². The Morgan fingerprint density at radius 3 is 2.49 bits per heavy atom. The highest BCUT2D eigenvalue weighted by atomic mass is 35.5. The number of amides is 1. The fourth-order valence-electron chi connectivity index (χ4n) is 4.44. The van der Waals surface area contributed by atoms with Crippen LogP contribution in [0.2, 0.25) is 10.0 Å². The van der Waals surface area contributed by atoms with Gasteiger partial charge in [0.25, 0.3) is 5.91 Å². The molecule has 45 heavy (non-hydrogen) atoms. The van der Waals surface area contributed by atoms with E-state index in [1.807, 2.05) is 25.1 Å². The lowest BCUT2D eigenvalue weighted by Gasteiger charge is -2.30. The van der Waals surface area contributed by atoms with Gasteiger partial charge >= 0.3 is 5.97 Å². The van der Waals surface area contributed by atoms with Crippen molar-refractivity contribution >= 4 is 58.6 Å². The monoisotopic (exact) mass is 670 g/mol. The number of hydrogen-bond donors (Lipinski definition) is 3. The van der Waals surface area contributed by atoms with Crippen LogP contribution in [0, 0.1) is 0 Å². The molecule has 0 bridgehead atoms. The first kappa shape index (κ1) is 33.6. The summed E-state index contributed by atoms with van der Waals surface area (Å²) >= 11 is 18.1. The van der Waals surface area contributed by atoms with Crippen molar-refractivity contribution in [3.05, 3.63) is 98.7 Å². The van der Waals surface area contributed by atoms with E-state index in [2.05, 4.69) is 21.2 Å². The Balaban J connectivity index is 1.41. The lowest BCUT2D eigenvalue weighted by Crippen LogP contribution is -2.45. The van der Waals surface area contributed by atoms with Gasteiger partial charge in [0.15, 0.2) is 23.2 Å². The van der Waals surface area contributed by atoms with Gasteiger partial charge in [-0.25, -0.2) is 10.2 Å². The average molecular weight is 672 g/mol. The fourth-order valence-corrected chi connectivity index (χ4v) is 5.18. The van der Waals surface area contributed by atoms with Gasteiger partial charge in [-0.1, -0.05) is 59.6 Å². The normalized spacial score (nSPS) is 14.4. The molecular weight excluding hydrogens is 639 g/mol. The van der Waals surface area contributed by atoms with E-state index in [1.165, 1.54) is 6.21 Å². The largest absolute Gasteiger partial charge is 0.490 e. The molecule has 0 spiro atoms. The molecule has 3 N–H and O–H groups in total. The molecule has 0 saturated heterocycles. The first-order chi connectivity index (χ1) is 21.7. The number of thiocarbonyl (C=S) groups is 1. The predicted octanol–water partition coefficient (Wildman–Crippen LogP) is 5.86. The molecule has 4 rings (SSSR count). The van der Waals surface area contributed by atoms with Gasteiger partial charge in [0.05, 0.1) is 36.1 Å². The van der Waals surface area contributed by atoms with Crippen molar-refractivity contribution in [2.75, 3.05) is 19.8 Å². The SMILES string of the molecule is CCOC(=O)C1=C(C)NC(=S)N[C@H]1c1ccccc1OCC(=O)NN=Cc1cc(Cl)c(OCc2ccccc2Cl)c(OCC)c1. The fraction of sp³-hybridized carbons (Fsp3) is 0.250. The van der Waals surface area contributed by atoms with Gasteiger partial charge in [-0.2, -0.15) is 5.10 Å². The van der Waals surface area contributed by atoms with Crippen molar-refractivity contribution in [1.82, 2.24) is 16.1 Å². The van der Waals surface area contributed by atoms with Crippen LogP contribution < -0.4 is 30.3 Å². The van der Waals surface area contributed by atoms with Crippen molar-refractivity contribution in [2.45, 2.75) is 33.4 Å². The summed E-state index contributed by atoms with van der Waals surface area (Å²) in [6.07, 6.45) is 1.43. The van der Waals surface area contributed by atoms with E-state index >= 15 is 0 Å². The Morgan fingerprint density at radius 2 is 1.73 bits per heavy atom. The van der Waals surface area contributed by atoms with Gasteiger partial charge in [-0.3, -0.25) is 4.79 Å². The maximum absolute atomic E-state index is 12.8. The second-order valence-corrected chi connectivity index (χ2v) is 10.8. The summed E-state index contributed by atoms with van der Waals surface area (Å²) in [7, 11) is 0. The van der Waals surface area contributed by atoms with Crippen molar-refractivity contribution in [2.24, 2.45) is 5.10 Å². The number of nitrogens with zero attached hydrogens (tertiary/aromatic N) is 1. The molecule has 1 aliphatic heterocycles. The zero-order valence-electron chi connectivity index (χ0n) is 24.8. The number of carbonyl (C=O) groups is 2. The summed E-state index contributed by atoms with van der Waals surface area (Å²) in [6.45, 7) is 5.77. The molecule has 3 aromatic rings.